The smallest absolute Gasteiger partial charge is 0.279 e. The van der Waals surface area contributed by atoms with Crippen molar-refractivity contribution in [3.8, 4) is 11.1 Å². The summed E-state index contributed by atoms with van der Waals surface area (Å²) in [6.07, 6.45) is 3.19. The van der Waals surface area contributed by atoms with Crippen LogP contribution >= 0.6 is 11.6 Å². The van der Waals surface area contributed by atoms with Crippen molar-refractivity contribution in [1.82, 2.24) is 14.5 Å². The standard InChI is InChI=1S/C24H20ClN3O3/c25-17-9-8-16-13-26-28-22(19(16)11-17)21(23(30)27-10-4-7-18(27)14-29)12-20(24(28)31)15-5-2-1-3-6-15/h1-3,5-6,8-9,11-13,18,29H,4,7,10,14H2. The molecule has 7 heteroatoms. The van der Waals surface area contributed by atoms with Gasteiger partial charge in [0, 0.05) is 27.9 Å². The monoisotopic (exact) mass is 433 g/mol. The van der Waals surface area contributed by atoms with Gasteiger partial charge in [0.15, 0.2) is 0 Å². The van der Waals surface area contributed by atoms with Gasteiger partial charge in [-0.25, -0.2) is 0 Å². The van der Waals surface area contributed by atoms with E-state index >= 15 is 0 Å². The van der Waals surface area contributed by atoms with E-state index in [1.54, 1.807) is 29.3 Å². The van der Waals surface area contributed by atoms with Crippen LogP contribution in [0.1, 0.15) is 23.2 Å². The predicted octanol–water partition coefficient (Wildman–Crippen LogP) is 3.77. The van der Waals surface area contributed by atoms with Crippen molar-refractivity contribution in [1.29, 1.82) is 0 Å². The van der Waals surface area contributed by atoms with E-state index in [1.807, 2.05) is 36.4 Å². The second-order valence-electron chi connectivity index (χ2n) is 7.76. The molecule has 1 aliphatic heterocycles. The van der Waals surface area contributed by atoms with Crippen molar-refractivity contribution in [2.45, 2.75) is 18.9 Å². The van der Waals surface area contributed by atoms with Gasteiger partial charge in [-0.2, -0.15) is 9.61 Å². The number of aliphatic hydroxyl groups is 1. The van der Waals surface area contributed by atoms with Gasteiger partial charge < -0.3 is 10.0 Å². The molecule has 1 saturated heterocycles. The van der Waals surface area contributed by atoms with Crippen LogP contribution in [0.25, 0.3) is 27.4 Å². The third-order valence-corrected chi connectivity index (χ3v) is 6.16. The van der Waals surface area contributed by atoms with Gasteiger partial charge in [0.25, 0.3) is 11.5 Å². The molecule has 156 valence electrons. The Labute approximate surface area is 183 Å². The van der Waals surface area contributed by atoms with E-state index in [1.165, 1.54) is 4.52 Å². The highest BCUT2D eigenvalue weighted by Gasteiger charge is 2.31. The molecule has 0 spiro atoms. The SMILES string of the molecule is O=C(c1cc(-c2ccccc2)c(=O)n2ncc3ccc(Cl)cc3c12)N1CCCC1CO. The number of aromatic nitrogens is 2. The first-order chi connectivity index (χ1) is 15.1. The van der Waals surface area contributed by atoms with E-state index in [4.69, 9.17) is 11.6 Å². The van der Waals surface area contributed by atoms with Crippen LogP contribution in [0.15, 0.2) is 65.6 Å². The highest BCUT2D eigenvalue weighted by molar-refractivity contribution is 6.31. The quantitative estimate of drug-likeness (QED) is 0.499. The molecule has 1 N–H and O–H groups in total. The number of amides is 1. The molecule has 4 aromatic rings. The van der Waals surface area contributed by atoms with Crippen LogP contribution in [0, 0.1) is 0 Å². The zero-order valence-electron chi connectivity index (χ0n) is 16.7. The first-order valence-electron chi connectivity index (χ1n) is 10.2. The largest absolute Gasteiger partial charge is 0.394 e. The molecule has 1 fully saturated rings. The number of fused-ring (bicyclic) bond motifs is 3. The third kappa shape index (κ3) is 3.28. The fourth-order valence-electron chi connectivity index (χ4n) is 4.37. The lowest BCUT2D eigenvalue weighted by Gasteiger charge is -2.24. The van der Waals surface area contributed by atoms with Crippen LogP contribution < -0.4 is 5.56 Å². The molecule has 1 atom stereocenters. The van der Waals surface area contributed by atoms with Crippen molar-refractivity contribution in [3.63, 3.8) is 0 Å². The molecule has 0 bridgehead atoms. The zero-order valence-corrected chi connectivity index (χ0v) is 17.4. The third-order valence-electron chi connectivity index (χ3n) is 5.93. The van der Waals surface area contributed by atoms with E-state index in [2.05, 4.69) is 5.10 Å². The minimum atomic E-state index is -0.306. The van der Waals surface area contributed by atoms with Crippen molar-refractivity contribution in [2.24, 2.45) is 0 Å². The molecular formula is C24H20ClN3O3. The maximum Gasteiger partial charge on any atom is 0.279 e. The fraction of sp³-hybridized carbons (Fsp3) is 0.208. The van der Waals surface area contributed by atoms with Gasteiger partial charge in [-0.15, -0.1) is 0 Å². The lowest BCUT2D eigenvalue weighted by Crippen LogP contribution is -2.38. The van der Waals surface area contributed by atoms with Crippen LogP contribution in [-0.4, -0.2) is 44.7 Å². The number of halogens is 1. The van der Waals surface area contributed by atoms with Crippen LogP contribution in [0.5, 0.6) is 0 Å². The van der Waals surface area contributed by atoms with Gasteiger partial charge in [0.05, 0.1) is 29.9 Å². The topological polar surface area (TPSA) is 74.9 Å². The van der Waals surface area contributed by atoms with Gasteiger partial charge in [-0.1, -0.05) is 48.0 Å². The van der Waals surface area contributed by atoms with Crippen molar-refractivity contribution in [3.05, 3.63) is 81.7 Å². The Morgan fingerprint density at radius 3 is 2.74 bits per heavy atom. The van der Waals surface area contributed by atoms with E-state index in [-0.39, 0.29) is 24.1 Å². The van der Waals surface area contributed by atoms with E-state index in [0.717, 1.165) is 18.2 Å². The van der Waals surface area contributed by atoms with Gasteiger partial charge in [0.2, 0.25) is 0 Å². The molecule has 0 radical (unpaired) electrons. The Kier molecular flexibility index (Phi) is 4.96. The predicted molar refractivity (Wildman–Crippen MR) is 121 cm³/mol. The Hall–Kier alpha value is -3.22. The molecule has 1 amide bonds. The van der Waals surface area contributed by atoms with Crippen molar-refractivity contribution in [2.75, 3.05) is 13.2 Å². The number of benzene rings is 2. The molecule has 6 nitrogen and oxygen atoms in total. The average molecular weight is 434 g/mol. The Bertz CT molecular complexity index is 1370. The number of carbonyl (C=O) groups is 1. The lowest BCUT2D eigenvalue weighted by atomic mass is 10.0. The summed E-state index contributed by atoms with van der Waals surface area (Å²) in [5.41, 5.74) is 1.61. The van der Waals surface area contributed by atoms with Crippen LogP contribution in [0.3, 0.4) is 0 Å². The summed E-state index contributed by atoms with van der Waals surface area (Å²) in [6, 6.07) is 16.0. The maximum atomic E-state index is 13.7. The van der Waals surface area contributed by atoms with Gasteiger partial charge in [-0.3, -0.25) is 9.59 Å². The Morgan fingerprint density at radius 1 is 1.16 bits per heavy atom. The van der Waals surface area contributed by atoms with Crippen LogP contribution in [0.2, 0.25) is 5.02 Å². The van der Waals surface area contributed by atoms with E-state index in [0.29, 0.717) is 39.2 Å². The molecule has 5 rings (SSSR count). The Morgan fingerprint density at radius 2 is 1.97 bits per heavy atom. The molecule has 31 heavy (non-hydrogen) atoms. The summed E-state index contributed by atoms with van der Waals surface area (Å²) in [5.74, 6) is -0.222. The maximum absolute atomic E-state index is 13.7. The number of aliphatic hydroxyl groups excluding tert-OH is 1. The summed E-state index contributed by atoms with van der Waals surface area (Å²) in [4.78, 5) is 28.8. The number of rotatable bonds is 3. The van der Waals surface area contributed by atoms with Gasteiger partial charge in [0.1, 0.15) is 0 Å². The molecule has 2 aromatic carbocycles. The van der Waals surface area contributed by atoms with Crippen LogP contribution in [0.4, 0.5) is 0 Å². The molecular weight excluding hydrogens is 414 g/mol. The summed E-state index contributed by atoms with van der Waals surface area (Å²) in [7, 11) is 0. The molecule has 1 unspecified atom stereocenters. The summed E-state index contributed by atoms with van der Waals surface area (Å²) >= 11 is 6.25. The zero-order chi connectivity index (χ0) is 21.5. The molecule has 2 aromatic heterocycles. The lowest BCUT2D eigenvalue weighted by molar-refractivity contribution is 0.0679. The van der Waals surface area contributed by atoms with Crippen LogP contribution in [-0.2, 0) is 0 Å². The van der Waals surface area contributed by atoms with Crippen molar-refractivity contribution >= 4 is 33.8 Å². The molecule has 0 aliphatic carbocycles. The number of likely N-dealkylation sites (tertiary alicyclic amines) is 1. The first kappa shape index (κ1) is 19.7. The number of carbonyl (C=O) groups excluding carboxylic acids is 1. The first-order valence-corrected chi connectivity index (χ1v) is 10.6. The molecule has 1 aliphatic rings. The number of pyridine rings is 1. The van der Waals surface area contributed by atoms with E-state index in [9.17, 15) is 14.7 Å². The second-order valence-corrected chi connectivity index (χ2v) is 8.19. The molecule has 0 saturated carbocycles. The Balaban J connectivity index is 1.86. The number of hydrogen-bond donors (Lipinski definition) is 1. The van der Waals surface area contributed by atoms with Gasteiger partial charge >= 0.3 is 0 Å². The minimum Gasteiger partial charge on any atom is -0.394 e. The van der Waals surface area contributed by atoms with Crippen molar-refractivity contribution < 1.29 is 9.90 Å². The summed E-state index contributed by atoms with van der Waals surface area (Å²) in [5, 5.41) is 16.1. The van der Waals surface area contributed by atoms with E-state index < -0.39 is 0 Å². The fourth-order valence-corrected chi connectivity index (χ4v) is 4.55. The second kappa shape index (κ2) is 7.80. The normalized spacial score (nSPS) is 16.3. The highest BCUT2D eigenvalue weighted by Crippen LogP contribution is 2.29. The number of nitrogens with zero attached hydrogens (tertiary/aromatic N) is 3. The summed E-state index contributed by atoms with van der Waals surface area (Å²) in [6.45, 7) is 0.474. The van der Waals surface area contributed by atoms with Gasteiger partial charge in [-0.05, 0) is 36.6 Å². The summed E-state index contributed by atoms with van der Waals surface area (Å²) < 4.78 is 1.29. The average Bonchev–Trinajstić information content (AvgIpc) is 3.28. The number of hydrogen-bond acceptors (Lipinski definition) is 4. The highest BCUT2D eigenvalue weighted by atomic mass is 35.5. The minimum absolute atomic E-state index is 0.0905. The molecule has 3 heterocycles.